The number of benzene rings is 2. The number of anilines is 1. The van der Waals surface area contributed by atoms with Crippen LogP contribution in [-0.4, -0.2) is 31.8 Å². The van der Waals surface area contributed by atoms with Crippen molar-refractivity contribution in [1.29, 1.82) is 0 Å². The van der Waals surface area contributed by atoms with Crippen LogP contribution in [0, 0.1) is 0 Å². The van der Waals surface area contributed by atoms with Gasteiger partial charge in [0.15, 0.2) is 0 Å². The number of carbonyl (C=O) groups excluding carboxylic acids is 2. The molecule has 2 N–H and O–H groups in total. The summed E-state index contributed by atoms with van der Waals surface area (Å²) in [5.74, 6) is 0.561. The monoisotopic (exact) mass is 418 g/mol. The number of hydrogen-bond donors (Lipinski definition) is 2. The molecule has 1 aliphatic rings. The number of methoxy groups -OCH3 is 1. The summed E-state index contributed by atoms with van der Waals surface area (Å²) in [4.78, 5) is 23.4. The summed E-state index contributed by atoms with van der Waals surface area (Å²) in [6.45, 7) is 0.341. The first-order chi connectivity index (χ1) is 12.5. The third kappa shape index (κ3) is 4.76. The first-order valence-corrected chi connectivity index (χ1v) is 8.97. The number of rotatable bonds is 6. The molecule has 0 spiro atoms. The van der Waals surface area contributed by atoms with Crippen LogP contribution in [0.2, 0.25) is 0 Å². The molecule has 26 heavy (non-hydrogen) atoms. The molecular formula is C19H19BrN2O4. The third-order valence-electron chi connectivity index (χ3n) is 4.05. The van der Waals surface area contributed by atoms with Crippen LogP contribution in [0.25, 0.3) is 0 Å². The molecule has 0 saturated carbocycles. The Hall–Kier alpha value is -2.54. The molecule has 0 aromatic heterocycles. The number of halogens is 1. The summed E-state index contributed by atoms with van der Waals surface area (Å²) in [6.07, 6.45) is 0.496. The molecule has 2 amide bonds. The molecule has 1 atom stereocenters. The number of amides is 2. The summed E-state index contributed by atoms with van der Waals surface area (Å²) in [5, 5.41) is 5.62. The zero-order valence-electron chi connectivity index (χ0n) is 14.3. The minimum atomic E-state index is -0.397. The Bertz CT molecular complexity index is 808. The molecule has 1 saturated heterocycles. The van der Waals surface area contributed by atoms with E-state index in [0.29, 0.717) is 30.9 Å². The fourth-order valence-corrected chi connectivity index (χ4v) is 3.05. The number of cyclic esters (lactones) is 1. The van der Waals surface area contributed by atoms with Gasteiger partial charge in [-0.3, -0.25) is 4.79 Å². The van der Waals surface area contributed by atoms with Gasteiger partial charge in [-0.25, -0.2) is 4.79 Å². The van der Waals surface area contributed by atoms with E-state index in [4.69, 9.17) is 9.47 Å². The van der Waals surface area contributed by atoms with Crippen LogP contribution in [0.4, 0.5) is 10.5 Å². The van der Waals surface area contributed by atoms with Crippen molar-refractivity contribution in [3.05, 3.63) is 58.1 Å². The van der Waals surface area contributed by atoms with Crippen molar-refractivity contribution in [1.82, 2.24) is 5.32 Å². The topological polar surface area (TPSA) is 76.7 Å². The molecule has 0 unspecified atom stereocenters. The van der Waals surface area contributed by atoms with Crippen LogP contribution in [0.3, 0.4) is 0 Å². The Morgan fingerprint density at radius 3 is 2.73 bits per heavy atom. The van der Waals surface area contributed by atoms with Gasteiger partial charge in [0.2, 0.25) is 5.91 Å². The van der Waals surface area contributed by atoms with Gasteiger partial charge < -0.3 is 20.1 Å². The van der Waals surface area contributed by atoms with E-state index in [1.165, 1.54) is 0 Å². The molecule has 7 heteroatoms. The molecular weight excluding hydrogens is 400 g/mol. The second-order valence-electron chi connectivity index (χ2n) is 6.02. The van der Waals surface area contributed by atoms with Crippen molar-refractivity contribution in [3.63, 3.8) is 0 Å². The predicted octanol–water partition coefficient (Wildman–Crippen LogP) is 3.29. The lowest BCUT2D eigenvalue weighted by atomic mass is 10.0. The first kappa shape index (κ1) is 18.3. The van der Waals surface area contributed by atoms with Crippen LogP contribution >= 0.6 is 15.9 Å². The maximum atomic E-state index is 12.2. The Kier molecular flexibility index (Phi) is 5.78. The van der Waals surface area contributed by atoms with E-state index in [9.17, 15) is 9.59 Å². The smallest absolute Gasteiger partial charge is 0.407 e. The number of nitrogens with one attached hydrogen (secondary N) is 2. The second kappa shape index (κ2) is 8.23. The fraction of sp³-hybridized carbons (Fsp3) is 0.263. The Labute approximate surface area is 160 Å². The van der Waals surface area contributed by atoms with Crippen LogP contribution in [0.1, 0.15) is 11.1 Å². The highest BCUT2D eigenvalue weighted by molar-refractivity contribution is 9.10. The average molecular weight is 419 g/mol. The molecule has 1 fully saturated rings. The van der Waals surface area contributed by atoms with Crippen LogP contribution in [0.5, 0.6) is 5.75 Å². The van der Waals surface area contributed by atoms with Gasteiger partial charge in [-0.05, 0) is 35.7 Å². The lowest BCUT2D eigenvalue weighted by Gasteiger charge is -2.14. The van der Waals surface area contributed by atoms with E-state index in [1.54, 1.807) is 13.2 Å². The van der Waals surface area contributed by atoms with Gasteiger partial charge in [-0.15, -0.1) is 0 Å². The lowest BCUT2D eigenvalue weighted by Crippen LogP contribution is -2.28. The zero-order chi connectivity index (χ0) is 18.5. The standard InChI is InChI=1S/C19H19BrN2O4/c1-25-17-10-15(7-4-13(17)9-16-11-26-19(24)22-16)21-18(23)8-12-2-5-14(20)6-3-12/h2-7,10,16H,8-9,11H2,1H3,(H,21,23)(H,22,24)/t16-/m0/s1. The molecule has 0 aliphatic carbocycles. The third-order valence-corrected chi connectivity index (χ3v) is 4.58. The van der Waals surface area contributed by atoms with Gasteiger partial charge in [0, 0.05) is 16.2 Å². The van der Waals surface area contributed by atoms with Crippen LogP contribution in [-0.2, 0) is 22.4 Å². The molecule has 0 bridgehead atoms. The minimum Gasteiger partial charge on any atom is -0.496 e. The van der Waals surface area contributed by atoms with E-state index in [1.807, 2.05) is 36.4 Å². The van der Waals surface area contributed by atoms with Crippen molar-refractivity contribution in [2.45, 2.75) is 18.9 Å². The maximum absolute atomic E-state index is 12.2. The molecule has 2 aromatic carbocycles. The van der Waals surface area contributed by atoms with Gasteiger partial charge in [0.05, 0.1) is 19.6 Å². The van der Waals surface area contributed by atoms with Crippen molar-refractivity contribution in [3.8, 4) is 5.75 Å². The van der Waals surface area contributed by atoms with Gasteiger partial charge in [0.1, 0.15) is 12.4 Å². The molecule has 1 aliphatic heterocycles. The van der Waals surface area contributed by atoms with Crippen LogP contribution in [0.15, 0.2) is 46.9 Å². The van der Waals surface area contributed by atoms with Crippen LogP contribution < -0.4 is 15.4 Å². The maximum Gasteiger partial charge on any atom is 0.407 e. The molecule has 1 heterocycles. The summed E-state index contributed by atoms with van der Waals surface area (Å²) >= 11 is 3.38. The second-order valence-corrected chi connectivity index (χ2v) is 6.94. The Morgan fingerprint density at radius 1 is 1.31 bits per heavy atom. The van der Waals surface area contributed by atoms with Gasteiger partial charge in [-0.1, -0.05) is 34.1 Å². The molecule has 6 nitrogen and oxygen atoms in total. The normalized spacial score (nSPS) is 15.9. The highest BCUT2D eigenvalue weighted by atomic mass is 79.9. The summed E-state index contributed by atoms with van der Waals surface area (Å²) in [6, 6.07) is 13.1. The highest BCUT2D eigenvalue weighted by Crippen LogP contribution is 2.25. The highest BCUT2D eigenvalue weighted by Gasteiger charge is 2.23. The largest absolute Gasteiger partial charge is 0.496 e. The van der Waals surface area contributed by atoms with Gasteiger partial charge >= 0.3 is 6.09 Å². The molecule has 0 radical (unpaired) electrons. The summed E-state index contributed by atoms with van der Waals surface area (Å²) < 4.78 is 11.3. The van der Waals surface area contributed by atoms with E-state index in [-0.39, 0.29) is 11.9 Å². The molecule has 2 aromatic rings. The van der Waals surface area contributed by atoms with E-state index >= 15 is 0 Å². The fourth-order valence-electron chi connectivity index (χ4n) is 2.79. The van der Waals surface area contributed by atoms with E-state index in [2.05, 4.69) is 26.6 Å². The molecule has 136 valence electrons. The van der Waals surface area contributed by atoms with Crippen molar-refractivity contribution in [2.75, 3.05) is 19.0 Å². The van der Waals surface area contributed by atoms with Gasteiger partial charge in [0.25, 0.3) is 0 Å². The SMILES string of the molecule is COc1cc(NC(=O)Cc2ccc(Br)cc2)ccc1C[C@H]1COC(=O)N1. The minimum absolute atomic E-state index is 0.0748. The van der Waals surface area contributed by atoms with E-state index < -0.39 is 6.09 Å². The van der Waals surface area contributed by atoms with Crippen molar-refractivity contribution in [2.24, 2.45) is 0 Å². The number of carbonyl (C=O) groups is 2. The van der Waals surface area contributed by atoms with E-state index in [0.717, 1.165) is 15.6 Å². The number of alkyl carbamates (subject to hydrolysis) is 1. The summed E-state index contributed by atoms with van der Waals surface area (Å²) in [5.41, 5.74) is 2.54. The Morgan fingerprint density at radius 2 is 2.08 bits per heavy atom. The quantitative estimate of drug-likeness (QED) is 0.754. The number of ether oxygens (including phenoxy) is 2. The summed E-state index contributed by atoms with van der Waals surface area (Å²) in [7, 11) is 1.58. The number of hydrogen-bond acceptors (Lipinski definition) is 4. The first-order valence-electron chi connectivity index (χ1n) is 8.18. The van der Waals surface area contributed by atoms with Crippen molar-refractivity contribution < 1.29 is 19.1 Å². The lowest BCUT2D eigenvalue weighted by molar-refractivity contribution is -0.115. The Balaban J connectivity index is 1.63. The predicted molar refractivity (Wildman–Crippen MR) is 101 cm³/mol. The average Bonchev–Trinajstić information content (AvgIpc) is 3.03. The zero-order valence-corrected chi connectivity index (χ0v) is 15.8. The molecule has 3 rings (SSSR count). The van der Waals surface area contributed by atoms with Crippen molar-refractivity contribution >= 4 is 33.6 Å². The van der Waals surface area contributed by atoms with Gasteiger partial charge in [-0.2, -0.15) is 0 Å².